The Morgan fingerprint density at radius 2 is 2.04 bits per heavy atom. The van der Waals surface area contributed by atoms with Crippen molar-refractivity contribution < 1.29 is 4.79 Å². The van der Waals surface area contributed by atoms with Crippen LogP contribution in [-0.2, 0) is 11.3 Å². The first-order chi connectivity index (χ1) is 11.6. The first-order valence-electron chi connectivity index (χ1n) is 8.70. The molecule has 0 radical (unpaired) electrons. The molecule has 5 heteroatoms. The number of hydrogen-bond acceptors (Lipinski definition) is 3. The summed E-state index contributed by atoms with van der Waals surface area (Å²) >= 11 is 0. The van der Waals surface area contributed by atoms with E-state index in [-0.39, 0.29) is 5.91 Å². The van der Waals surface area contributed by atoms with Crippen molar-refractivity contribution in [2.24, 2.45) is 0 Å². The number of aryl methyl sites for hydroxylation is 2. The number of rotatable bonds is 6. The van der Waals surface area contributed by atoms with Crippen molar-refractivity contribution in [1.29, 1.82) is 0 Å². The van der Waals surface area contributed by atoms with Gasteiger partial charge in [0, 0.05) is 18.4 Å². The fourth-order valence-corrected chi connectivity index (χ4v) is 2.84. The van der Waals surface area contributed by atoms with Crippen molar-refractivity contribution in [1.82, 2.24) is 14.8 Å². The quantitative estimate of drug-likeness (QED) is 0.729. The summed E-state index contributed by atoms with van der Waals surface area (Å²) in [6.45, 7) is 7.02. The molecule has 1 aromatic carbocycles. The van der Waals surface area contributed by atoms with Gasteiger partial charge in [-0.2, -0.15) is 5.10 Å². The van der Waals surface area contributed by atoms with E-state index in [0.29, 0.717) is 12.2 Å². The second kappa shape index (κ2) is 6.99. The van der Waals surface area contributed by atoms with Crippen LogP contribution in [0.3, 0.4) is 0 Å². The lowest BCUT2D eigenvalue weighted by Crippen LogP contribution is -2.11. The molecule has 0 unspecified atom stereocenters. The second-order valence-corrected chi connectivity index (χ2v) is 6.28. The minimum atomic E-state index is 0.00328. The topological polar surface area (TPSA) is 59.8 Å². The maximum Gasteiger partial charge on any atom is 0.225 e. The monoisotopic (exact) mass is 324 g/mol. The van der Waals surface area contributed by atoms with Gasteiger partial charge in [0.2, 0.25) is 5.91 Å². The van der Waals surface area contributed by atoms with E-state index in [2.05, 4.69) is 48.5 Å². The van der Waals surface area contributed by atoms with E-state index in [0.717, 1.165) is 47.7 Å². The first kappa shape index (κ1) is 16.4. The number of carbonyl (C=O) groups excluding carboxylic acids is 1. The summed E-state index contributed by atoms with van der Waals surface area (Å²) < 4.78 is 1.92. The smallest absolute Gasteiger partial charge is 0.225 e. The molecule has 24 heavy (non-hydrogen) atoms. The molecule has 0 aliphatic rings. The lowest BCUT2D eigenvalue weighted by molar-refractivity contribution is -0.116. The van der Waals surface area contributed by atoms with Gasteiger partial charge < -0.3 is 5.32 Å². The third-order valence-electron chi connectivity index (χ3n) is 4.13. The van der Waals surface area contributed by atoms with E-state index in [1.54, 1.807) is 0 Å². The maximum absolute atomic E-state index is 12.0. The fraction of sp³-hybridized carbons (Fsp3) is 0.421. The molecule has 5 nitrogen and oxygen atoms in total. The van der Waals surface area contributed by atoms with Gasteiger partial charge in [-0.25, -0.2) is 9.67 Å². The van der Waals surface area contributed by atoms with E-state index in [9.17, 15) is 4.79 Å². The van der Waals surface area contributed by atoms with E-state index in [1.807, 2.05) is 11.6 Å². The molecular weight excluding hydrogens is 300 g/mol. The van der Waals surface area contributed by atoms with Crippen LogP contribution in [0.5, 0.6) is 0 Å². The number of benzene rings is 1. The van der Waals surface area contributed by atoms with Crippen LogP contribution in [-0.4, -0.2) is 20.7 Å². The third kappa shape index (κ3) is 3.25. The molecule has 2 aromatic heterocycles. The molecule has 0 spiro atoms. The van der Waals surface area contributed by atoms with Crippen molar-refractivity contribution >= 4 is 33.7 Å². The molecule has 2 heterocycles. The van der Waals surface area contributed by atoms with E-state index in [4.69, 9.17) is 4.98 Å². The molecular formula is C19H24N4O. The Bertz CT molecular complexity index is 882. The Kier molecular flexibility index (Phi) is 4.79. The van der Waals surface area contributed by atoms with Gasteiger partial charge >= 0.3 is 0 Å². The Hall–Kier alpha value is -2.43. The molecule has 0 bridgehead atoms. The van der Waals surface area contributed by atoms with Crippen LogP contribution in [0.2, 0.25) is 0 Å². The first-order valence-corrected chi connectivity index (χ1v) is 8.70. The van der Waals surface area contributed by atoms with E-state index < -0.39 is 0 Å². The zero-order valence-corrected chi connectivity index (χ0v) is 14.6. The highest BCUT2D eigenvalue weighted by molar-refractivity contribution is 6.02. The number of unbranched alkanes of at least 4 members (excludes halogenated alkanes) is 1. The average molecular weight is 324 g/mol. The van der Waals surface area contributed by atoms with Crippen LogP contribution >= 0.6 is 0 Å². The maximum atomic E-state index is 12.0. The van der Waals surface area contributed by atoms with Crippen molar-refractivity contribution in [2.75, 3.05) is 5.32 Å². The molecule has 0 aliphatic carbocycles. The Balaban J connectivity index is 2.12. The number of nitrogens with zero attached hydrogens (tertiary/aromatic N) is 3. The number of fused-ring (bicyclic) bond motifs is 2. The largest absolute Gasteiger partial charge is 0.309 e. The zero-order chi connectivity index (χ0) is 17.1. The van der Waals surface area contributed by atoms with Gasteiger partial charge in [-0.05, 0) is 37.5 Å². The molecule has 3 aromatic rings. The highest BCUT2D eigenvalue weighted by atomic mass is 16.1. The minimum absolute atomic E-state index is 0.00328. The molecule has 126 valence electrons. The van der Waals surface area contributed by atoms with Crippen LogP contribution in [0.15, 0.2) is 24.3 Å². The van der Waals surface area contributed by atoms with Gasteiger partial charge in [-0.15, -0.1) is 0 Å². The molecule has 0 saturated heterocycles. The van der Waals surface area contributed by atoms with Crippen molar-refractivity contribution in [3.05, 3.63) is 29.8 Å². The third-order valence-corrected chi connectivity index (χ3v) is 4.13. The number of anilines is 1. The second-order valence-electron chi connectivity index (χ2n) is 6.28. The standard InChI is InChI=1S/C19H24N4O/c1-4-6-10-23-19-15(18(22-23)21-17(24)7-5-2)12-14-9-8-13(3)11-16(14)20-19/h8-9,11-12H,4-7,10H2,1-3H3,(H,21,22,24). The van der Waals surface area contributed by atoms with Gasteiger partial charge in [-0.1, -0.05) is 32.4 Å². The fourth-order valence-electron chi connectivity index (χ4n) is 2.84. The Morgan fingerprint density at radius 1 is 1.21 bits per heavy atom. The highest BCUT2D eigenvalue weighted by Gasteiger charge is 2.15. The number of aromatic nitrogens is 3. The number of pyridine rings is 1. The van der Waals surface area contributed by atoms with Gasteiger partial charge in [0.05, 0.1) is 10.9 Å². The van der Waals surface area contributed by atoms with Gasteiger partial charge in [-0.3, -0.25) is 4.79 Å². The van der Waals surface area contributed by atoms with Crippen molar-refractivity contribution in [3.63, 3.8) is 0 Å². The van der Waals surface area contributed by atoms with Gasteiger partial charge in [0.1, 0.15) is 0 Å². The van der Waals surface area contributed by atoms with Crippen molar-refractivity contribution in [2.45, 2.75) is 53.0 Å². The van der Waals surface area contributed by atoms with Crippen molar-refractivity contribution in [3.8, 4) is 0 Å². The highest BCUT2D eigenvalue weighted by Crippen LogP contribution is 2.27. The SMILES string of the molecule is CCCCn1nc(NC(=O)CCC)c2cc3ccc(C)cc3nc21. The Morgan fingerprint density at radius 3 is 2.79 bits per heavy atom. The number of hydrogen-bond donors (Lipinski definition) is 1. The molecule has 3 rings (SSSR count). The van der Waals surface area contributed by atoms with E-state index >= 15 is 0 Å². The van der Waals surface area contributed by atoms with Gasteiger partial charge in [0.25, 0.3) is 0 Å². The summed E-state index contributed by atoms with van der Waals surface area (Å²) in [5.41, 5.74) is 2.99. The predicted octanol–water partition coefficient (Wildman–Crippen LogP) is 4.43. The Labute approximate surface area is 142 Å². The summed E-state index contributed by atoms with van der Waals surface area (Å²) in [7, 11) is 0. The molecule has 0 saturated carbocycles. The molecule has 1 N–H and O–H groups in total. The summed E-state index contributed by atoms with van der Waals surface area (Å²) in [6.07, 6.45) is 3.45. The summed E-state index contributed by atoms with van der Waals surface area (Å²) in [5.74, 6) is 0.623. The van der Waals surface area contributed by atoms with Gasteiger partial charge in [0.15, 0.2) is 11.5 Å². The summed E-state index contributed by atoms with van der Waals surface area (Å²) in [6, 6.07) is 8.31. The lowest BCUT2D eigenvalue weighted by atomic mass is 10.1. The van der Waals surface area contributed by atoms with Crippen LogP contribution in [0.1, 0.15) is 45.1 Å². The van der Waals surface area contributed by atoms with Crippen LogP contribution in [0.25, 0.3) is 21.9 Å². The minimum Gasteiger partial charge on any atom is -0.309 e. The average Bonchev–Trinajstić information content (AvgIpc) is 2.88. The molecule has 1 amide bonds. The number of carbonyl (C=O) groups is 1. The van der Waals surface area contributed by atoms with Crippen LogP contribution in [0.4, 0.5) is 5.82 Å². The lowest BCUT2D eigenvalue weighted by Gasteiger charge is -2.03. The predicted molar refractivity (Wildman–Crippen MR) is 98.2 cm³/mol. The number of nitrogens with one attached hydrogen (secondary N) is 1. The summed E-state index contributed by atoms with van der Waals surface area (Å²) in [4.78, 5) is 16.8. The molecule has 0 aliphatic heterocycles. The van der Waals surface area contributed by atoms with Crippen LogP contribution in [0, 0.1) is 6.92 Å². The molecule has 0 atom stereocenters. The molecule has 0 fully saturated rings. The van der Waals surface area contributed by atoms with E-state index in [1.165, 1.54) is 5.56 Å². The number of amides is 1. The normalized spacial score (nSPS) is 11.3. The van der Waals surface area contributed by atoms with Crippen LogP contribution < -0.4 is 5.32 Å². The summed E-state index contributed by atoms with van der Waals surface area (Å²) in [5, 5.41) is 9.54. The zero-order valence-electron chi connectivity index (χ0n) is 14.6.